The molecule has 1 aromatic rings. The highest BCUT2D eigenvalue weighted by atomic mass is 19.1. The number of nitrogens with one attached hydrogen (secondary N) is 2. The minimum Gasteiger partial charge on any atom is -0.384 e. The number of carbonyl (C=O) groups is 1. The molecule has 1 saturated heterocycles. The van der Waals surface area contributed by atoms with E-state index in [1.165, 1.54) is 25.0 Å². The van der Waals surface area contributed by atoms with Crippen LogP contribution in [0, 0.1) is 11.7 Å². The molecule has 0 aromatic heterocycles. The van der Waals surface area contributed by atoms with Gasteiger partial charge in [-0.1, -0.05) is 0 Å². The summed E-state index contributed by atoms with van der Waals surface area (Å²) < 4.78 is 13.1. The average Bonchev–Trinajstić information content (AvgIpc) is 2.41. The van der Waals surface area contributed by atoms with E-state index in [1.54, 1.807) is 6.07 Å². The first-order chi connectivity index (χ1) is 9.16. The lowest BCUT2D eigenvalue weighted by Gasteiger charge is -2.23. The predicted octanol–water partition coefficient (Wildman–Crippen LogP) is 1.73. The van der Waals surface area contributed by atoms with Crippen molar-refractivity contribution in [1.29, 1.82) is 0 Å². The van der Waals surface area contributed by atoms with Crippen molar-refractivity contribution in [2.24, 2.45) is 11.7 Å². The second-order valence-corrected chi connectivity index (χ2v) is 4.98. The standard InChI is InChI=1S/C14H20FN3O/c15-11-3-4-13(12(8-11)14(16)19)18-7-5-10-2-1-6-17-9-10/h3-4,8,10,17-18H,1-2,5-7,9H2,(H2,16,19). The van der Waals surface area contributed by atoms with Crippen molar-refractivity contribution in [1.82, 2.24) is 5.32 Å². The minimum atomic E-state index is -0.610. The maximum atomic E-state index is 13.1. The van der Waals surface area contributed by atoms with E-state index in [9.17, 15) is 9.18 Å². The lowest BCUT2D eigenvalue weighted by atomic mass is 9.96. The van der Waals surface area contributed by atoms with Crippen LogP contribution < -0.4 is 16.4 Å². The number of primary amides is 1. The Morgan fingerprint density at radius 1 is 1.53 bits per heavy atom. The van der Waals surface area contributed by atoms with E-state index < -0.39 is 11.7 Å². The molecule has 1 amide bonds. The molecule has 0 aliphatic carbocycles. The van der Waals surface area contributed by atoms with Crippen LogP contribution in [-0.4, -0.2) is 25.5 Å². The molecule has 19 heavy (non-hydrogen) atoms. The molecule has 1 atom stereocenters. The first-order valence-corrected chi connectivity index (χ1v) is 6.71. The van der Waals surface area contributed by atoms with Crippen molar-refractivity contribution in [3.63, 3.8) is 0 Å². The van der Waals surface area contributed by atoms with Gasteiger partial charge in [-0.3, -0.25) is 4.79 Å². The number of amides is 1. The molecule has 0 spiro atoms. The molecular weight excluding hydrogens is 245 g/mol. The monoisotopic (exact) mass is 265 g/mol. The van der Waals surface area contributed by atoms with E-state index in [4.69, 9.17) is 5.73 Å². The van der Waals surface area contributed by atoms with Gasteiger partial charge in [-0.05, 0) is 56.5 Å². The predicted molar refractivity (Wildman–Crippen MR) is 73.6 cm³/mol. The van der Waals surface area contributed by atoms with E-state index >= 15 is 0 Å². The Labute approximate surface area is 112 Å². The van der Waals surface area contributed by atoms with Crippen LogP contribution in [0.2, 0.25) is 0 Å². The molecule has 2 rings (SSSR count). The molecule has 1 heterocycles. The number of carbonyl (C=O) groups excluding carboxylic acids is 1. The number of piperidine rings is 1. The van der Waals surface area contributed by atoms with Crippen LogP contribution in [0.4, 0.5) is 10.1 Å². The summed E-state index contributed by atoms with van der Waals surface area (Å²) in [6, 6.07) is 4.07. The van der Waals surface area contributed by atoms with Crippen molar-refractivity contribution in [3.8, 4) is 0 Å². The third kappa shape index (κ3) is 3.92. The van der Waals surface area contributed by atoms with Gasteiger partial charge in [0.15, 0.2) is 0 Å². The van der Waals surface area contributed by atoms with Gasteiger partial charge >= 0.3 is 0 Å². The lowest BCUT2D eigenvalue weighted by molar-refractivity contribution is 0.100. The molecule has 1 aliphatic rings. The minimum absolute atomic E-state index is 0.210. The Morgan fingerprint density at radius 3 is 3.05 bits per heavy atom. The van der Waals surface area contributed by atoms with Crippen LogP contribution in [0.5, 0.6) is 0 Å². The van der Waals surface area contributed by atoms with Gasteiger partial charge in [0.05, 0.1) is 5.56 Å². The molecule has 0 bridgehead atoms. The summed E-state index contributed by atoms with van der Waals surface area (Å²) in [6.45, 7) is 2.92. The zero-order valence-electron chi connectivity index (χ0n) is 10.9. The highest BCUT2D eigenvalue weighted by Gasteiger charge is 2.13. The molecule has 0 radical (unpaired) electrons. The van der Waals surface area contributed by atoms with E-state index in [1.807, 2.05) is 0 Å². The molecule has 1 aliphatic heterocycles. The van der Waals surface area contributed by atoms with Crippen molar-refractivity contribution < 1.29 is 9.18 Å². The van der Waals surface area contributed by atoms with Crippen molar-refractivity contribution in [2.75, 3.05) is 25.0 Å². The van der Waals surface area contributed by atoms with Crippen molar-refractivity contribution in [3.05, 3.63) is 29.6 Å². The molecule has 4 nitrogen and oxygen atoms in total. The number of rotatable bonds is 5. The van der Waals surface area contributed by atoms with Crippen LogP contribution in [0.1, 0.15) is 29.6 Å². The number of anilines is 1. The molecular formula is C14H20FN3O. The van der Waals surface area contributed by atoms with Crippen LogP contribution in [0.25, 0.3) is 0 Å². The molecule has 4 N–H and O–H groups in total. The summed E-state index contributed by atoms with van der Waals surface area (Å²) in [4.78, 5) is 11.2. The maximum Gasteiger partial charge on any atom is 0.250 e. The molecule has 1 unspecified atom stereocenters. The zero-order chi connectivity index (χ0) is 13.7. The SMILES string of the molecule is NC(=O)c1cc(F)ccc1NCCC1CCCNC1. The number of hydrogen-bond donors (Lipinski definition) is 3. The zero-order valence-corrected chi connectivity index (χ0v) is 10.9. The van der Waals surface area contributed by atoms with Crippen LogP contribution in [-0.2, 0) is 0 Å². The van der Waals surface area contributed by atoms with Crippen molar-refractivity contribution in [2.45, 2.75) is 19.3 Å². The van der Waals surface area contributed by atoms with E-state index in [0.29, 0.717) is 11.6 Å². The summed E-state index contributed by atoms with van der Waals surface area (Å²) in [5.41, 5.74) is 6.06. The first kappa shape index (κ1) is 13.8. The van der Waals surface area contributed by atoms with Crippen LogP contribution >= 0.6 is 0 Å². The highest BCUT2D eigenvalue weighted by Crippen LogP contribution is 2.18. The number of benzene rings is 1. The normalized spacial score (nSPS) is 19.1. The number of halogens is 1. The summed E-state index contributed by atoms with van der Waals surface area (Å²) in [5.74, 6) is -0.393. The first-order valence-electron chi connectivity index (χ1n) is 6.71. The van der Waals surface area contributed by atoms with Crippen molar-refractivity contribution >= 4 is 11.6 Å². The molecule has 1 fully saturated rings. The van der Waals surface area contributed by atoms with Gasteiger partial charge in [-0.2, -0.15) is 0 Å². The largest absolute Gasteiger partial charge is 0.384 e. The fourth-order valence-electron chi connectivity index (χ4n) is 2.46. The fourth-order valence-corrected chi connectivity index (χ4v) is 2.46. The quantitative estimate of drug-likeness (QED) is 0.759. The van der Waals surface area contributed by atoms with Gasteiger partial charge in [0.2, 0.25) is 0 Å². The number of hydrogen-bond acceptors (Lipinski definition) is 3. The fraction of sp³-hybridized carbons (Fsp3) is 0.500. The smallest absolute Gasteiger partial charge is 0.250 e. The maximum absolute atomic E-state index is 13.1. The highest BCUT2D eigenvalue weighted by molar-refractivity contribution is 5.98. The van der Waals surface area contributed by atoms with E-state index in [2.05, 4.69) is 10.6 Å². The van der Waals surface area contributed by atoms with E-state index in [0.717, 1.165) is 26.1 Å². The van der Waals surface area contributed by atoms with Gasteiger partial charge in [0, 0.05) is 12.2 Å². The lowest BCUT2D eigenvalue weighted by Crippen LogP contribution is -2.30. The Balaban J connectivity index is 1.89. The van der Waals surface area contributed by atoms with Gasteiger partial charge in [0.25, 0.3) is 5.91 Å². The third-order valence-corrected chi connectivity index (χ3v) is 3.51. The summed E-state index contributed by atoms with van der Waals surface area (Å²) in [5, 5.41) is 6.54. The second kappa shape index (κ2) is 6.52. The van der Waals surface area contributed by atoms with Gasteiger partial charge in [0.1, 0.15) is 5.82 Å². The Hall–Kier alpha value is -1.62. The Kier molecular flexibility index (Phi) is 4.74. The van der Waals surface area contributed by atoms with E-state index in [-0.39, 0.29) is 5.56 Å². The number of nitrogens with two attached hydrogens (primary N) is 1. The third-order valence-electron chi connectivity index (χ3n) is 3.51. The second-order valence-electron chi connectivity index (χ2n) is 4.98. The topological polar surface area (TPSA) is 67.2 Å². The van der Waals surface area contributed by atoms with Crippen LogP contribution in [0.3, 0.4) is 0 Å². The van der Waals surface area contributed by atoms with Crippen LogP contribution in [0.15, 0.2) is 18.2 Å². The molecule has 104 valence electrons. The Bertz CT molecular complexity index is 444. The Morgan fingerprint density at radius 2 is 2.37 bits per heavy atom. The summed E-state index contributed by atoms with van der Waals surface area (Å²) >= 11 is 0. The summed E-state index contributed by atoms with van der Waals surface area (Å²) in [6.07, 6.45) is 3.48. The summed E-state index contributed by atoms with van der Waals surface area (Å²) in [7, 11) is 0. The van der Waals surface area contributed by atoms with Gasteiger partial charge < -0.3 is 16.4 Å². The average molecular weight is 265 g/mol. The molecule has 0 saturated carbocycles. The molecule has 1 aromatic carbocycles. The molecule has 5 heteroatoms. The van der Waals surface area contributed by atoms with Gasteiger partial charge in [-0.15, -0.1) is 0 Å². The van der Waals surface area contributed by atoms with Gasteiger partial charge in [-0.25, -0.2) is 4.39 Å².